The van der Waals surface area contributed by atoms with Gasteiger partial charge in [0.2, 0.25) is 6.79 Å². The molecular formula is C21H18ClNO4. The number of amides is 1. The molecule has 27 heavy (non-hydrogen) atoms. The Kier molecular flexibility index (Phi) is 4.54. The number of methoxy groups -OCH3 is 1. The normalized spacial score (nSPS) is 12.3. The van der Waals surface area contributed by atoms with Crippen molar-refractivity contribution < 1.29 is 19.0 Å². The Labute approximate surface area is 162 Å². The average molecular weight is 384 g/mol. The number of ether oxygens (including phenoxy) is 3. The molecule has 3 aromatic rings. The van der Waals surface area contributed by atoms with E-state index in [9.17, 15) is 4.79 Å². The van der Waals surface area contributed by atoms with Crippen LogP contribution in [0.2, 0.25) is 5.02 Å². The fourth-order valence-corrected chi connectivity index (χ4v) is 3.42. The number of hydrogen-bond acceptors (Lipinski definition) is 4. The molecule has 0 radical (unpaired) electrons. The van der Waals surface area contributed by atoms with Crippen LogP contribution in [0.1, 0.15) is 15.9 Å². The maximum atomic E-state index is 12.8. The van der Waals surface area contributed by atoms with Crippen molar-refractivity contribution in [1.82, 2.24) is 4.90 Å². The Hall–Kier alpha value is -2.92. The predicted molar refractivity (Wildman–Crippen MR) is 104 cm³/mol. The van der Waals surface area contributed by atoms with Crippen molar-refractivity contribution in [2.24, 2.45) is 0 Å². The predicted octanol–water partition coefficient (Wildman–Crippen LogP) is 4.50. The van der Waals surface area contributed by atoms with Crippen molar-refractivity contribution in [1.29, 1.82) is 0 Å². The van der Waals surface area contributed by atoms with Gasteiger partial charge in [-0.05, 0) is 46.7 Å². The molecule has 0 atom stereocenters. The summed E-state index contributed by atoms with van der Waals surface area (Å²) in [6, 6.07) is 15.3. The highest BCUT2D eigenvalue weighted by Crippen LogP contribution is 2.40. The lowest BCUT2D eigenvalue weighted by molar-refractivity contribution is 0.0784. The smallest absolute Gasteiger partial charge is 0.254 e. The minimum Gasteiger partial charge on any atom is -0.497 e. The molecule has 0 spiro atoms. The summed E-state index contributed by atoms with van der Waals surface area (Å²) < 4.78 is 15.9. The highest BCUT2D eigenvalue weighted by molar-refractivity contribution is 6.32. The topological polar surface area (TPSA) is 48.0 Å². The SMILES string of the molecule is COc1ccc2cc(CN(C)C(=O)c3cc(Cl)c4c(c3)OCO4)ccc2c1. The van der Waals surface area contributed by atoms with Gasteiger partial charge in [-0.15, -0.1) is 0 Å². The van der Waals surface area contributed by atoms with Crippen LogP contribution in [0.25, 0.3) is 10.8 Å². The van der Waals surface area contributed by atoms with Gasteiger partial charge < -0.3 is 19.1 Å². The van der Waals surface area contributed by atoms with Gasteiger partial charge in [-0.3, -0.25) is 4.79 Å². The highest BCUT2D eigenvalue weighted by Gasteiger charge is 2.22. The second-order valence-electron chi connectivity index (χ2n) is 6.40. The van der Waals surface area contributed by atoms with E-state index >= 15 is 0 Å². The second kappa shape index (κ2) is 7.00. The van der Waals surface area contributed by atoms with Gasteiger partial charge in [-0.2, -0.15) is 0 Å². The van der Waals surface area contributed by atoms with Crippen molar-refractivity contribution in [3.63, 3.8) is 0 Å². The molecule has 0 aliphatic carbocycles. The molecule has 1 aliphatic rings. The van der Waals surface area contributed by atoms with Crippen molar-refractivity contribution >= 4 is 28.3 Å². The molecule has 1 amide bonds. The highest BCUT2D eigenvalue weighted by atomic mass is 35.5. The fourth-order valence-electron chi connectivity index (χ4n) is 3.16. The molecule has 1 aliphatic heterocycles. The molecule has 4 rings (SSSR count). The lowest BCUT2D eigenvalue weighted by Gasteiger charge is -2.18. The van der Waals surface area contributed by atoms with Crippen LogP contribution in [0.5, 0.6) is 17.2 Å². The van der Waals surface area contributed by atoms with Crippen molar-refractivity contribution in [2.45, 2.75) is 6.54 Å². The monoisotopic (exact) mass is 383 g/mol. The van der Waals surface area contributed by atoms with Crippen molar-refractivity contribution in [2.75, 3.05) is 21.0 Å². The van der Waals surface area contributed by atoms with E-state index in [1.807, 2.05) is 30.3 Å². The van der Waals surface area contributed by atoms with Crippen LogP contribution in [-0.4, -0.2) is 31.8 Å². The largest absolute Gasteiger partial charge is 0.497 e. The Morgan fingerprint density at radius 3 is 2.70 bits per heavy atom. The van der Waals surface area contributed by atoms with Crippen LogP contribution in [0, 0.1) is 0 Å². The lowest BCUT2D eigenvalue weighted by Crippen LogP contribution is -2.26. The van der Waals surface area contributed by atoms with E-state index in [4.69, 9.17) is 25.8 Å². The number of nitrogens with zero attached hydrogens (tertiary/aromatic N) is 1. The number of carbonyl (C=O) groups is 1. The first-order valence-corrected chi connectivity index (χ1v) is 8.84. The minimum absolute atomic E-state index is 0.115. The summed E-state index contributed by atoms with van der Waals surface area (Å²) in [6.45, 7) is 0.595. The van der Waals surface area contributed by atoms with E-state index in [2.05, 4.69) is 6.07 Å². The summed E-state index contributed by atoms with van der Waals surface area (Å²) in [6.07, 6.45) is 0. The zero-order valence-corrected chi connectivity index (χ0v) is 15.7. The maximum absolute atomic E-state index is 12.8. The van der Waals surface area contributed by atoms with Gasteiger partial charge in [0.05, 0.1) is 12.1 Å². The van der Waals surface area contributed by atoms with Gasteiger partial charge in [-0.25, -0.2) is 0 Å². The van der Waals surface area contributed by atoms with Gasteiger partial charge in [0, 0.05) is 19.2 Å². The van der Waals surface area contributed by atoms with E-state index in [1.54, 1.807) is 31.2 Å². The molecule has 0 bridgehead atoms. The van der Waals surface area contributed by atoms with Crippen LogP contribution in [0.4, 0.5) is 0 Å². The van der Waals surface area contributed by atoms with Gasteiger partial charge >= 0.3 is 0 Å². The zero-order chi connectivity index (χ0) is 19.0. The molecule has 0 saturated carbocycles. The quantitative estimate of drug-likeness (QED) is 0.665. The van der Waals surface area contributed by atoms with Gasteiger partial charge in [0.25, 0.3) is 5.91 Å². The Bertz CT molecular complexity index is 1030. The summed E-state index contributed by atoms with van der Waals surface area (Å²) in [4.78, 5) is 14.5. The maximum Gasteiger partial charge on any atom is 0.254 e. The Morgan fingerprint density at radius 1 is 1.11 bits per heavy atom. The molecule has 138 valence electrons. The number of hydrogen-bond donors (Lipinski definition) is 0. The van der Waals surface area contributed by atoms with Gasteiger partial charge in [-0.1, -0.05) is 29.8 Å². The van der Waals surface area contributed by atoms with Crippen LogP contribution in [0.15, 0.2) is 48.5 Å². The number of fused-ring (bicyclic) bond motifs is 2. The summed E-state index contributed by atoms with van der Waals surface area (Å²) in [5.41, 5.74) is 1.51. The van der Waals surface area contributed by atoms with E-state index in [1.165, 1.54) is 0 Å². The van der Waals surface area contributed by atoms with Crippen molar-refractivity contribution in [3.8, 4) is 17.2 Å². The van der Waals surface area contributed by atoms with Crippen LogP contribution >= 0.6 is 11.6 Å². The first kappa shape index (κ1) is 17.5. The average Bonchev–Trinajstić information content (AvgIpc) is 3.16. The lowest BCUT2D eigenvalue weighted by atomic mass is 10.1. The summed E-state index contributed by atoms with van der Waals surface area (Å²) in [5.74, 6) is 1.67. The fraction of sp³-hybridized carbons (Fsp3) is 0.190. The number of rotatable bonds is 4. The number of carbonyl (C=O) groups excluding carboxylic acids is 1. The molecule has 6 heteroatoms. The molecule has 5 nitrogen and oxygen atoms in total. The molecular weight excluding hydrogens is 366 g/mol. The van der Waals surface area contributed by atoms with Crippen LogP contribution < -0.4 is 14.2 Å². The molecule has 3 aromatic carbocycles. The van der Waals surface area contributed by atoms with E-state index in [0.717, 1.165) is 22.1 Å². The molecule has 0 N–H and O–H groups in total. The van der Waals surface area contributed by atoms with Crippen molar-refractivity contribution in [3.05, 3.63) is 64.7 Å². The minimum atomic E-state index is -0.134. The summed E-state index contributed by atoms with van der Waals surface area (Å²) >= 11 is 6.19. The third kappa shape index (κ3) is 3.38. The zero-order valence-electron chi connectivity index (χ0n) is 15.0. The van der Waals surface area contributed by atoms with Gasteiger partial charge in [0.1, 0.15) is 5.75 Å². The third-order valence-corrected chi connectivity index (χ3v) is 4.83. The van der Waals surface area contributed by atoms with Crippen LogP contribution in [-0.2, 0) is 6.54 Å². The van der Waals surface area contributed by atoms with Crippen LogP contribution in [0.3, 0.4) is 0 Å². The third-order valence-electron chi connectivity index (χ3n) is 4.55. The first-order valence-electron chi connectivity index (χ1n) is 8.46. The van der Waals surface area contributed by atoms with E-state index in [0.29, 0.717) is 28.6 Å². The Balaban J connectivity index is 1.55. The number of halogens is 1. The summed E-state index contributed by atoms with van der Waals surface area (Å²) in [5, 5.41) is 2.57. The van der Waals surface area contributed by atoms with E-state index < -0.39 is 0 Å². The molecule has 1 heterocycles. The molecule has 0 unspecified atom stereocenters. The first-order chi connectivity index (χ1) is 13.0. The number of benzene rings is 3. The van der Waals surface area contributed by atoms with Gasteiger partial charge in [0.15, 0.2) is 11.5 Å². The summed E-state index contributed by atoms with van der Waals surface area (Å²) in [7, 11) is 3.41. The standard InChI is InChI=1S/C21H18ClNO4/c1-23(21(24)16-9-18(22)20-19(10-16)26-12-27-20)11-13-3-4-15-8-17(25-2)6-5-14(15)7-13/h3-10H,11-12H2,1-2H3. The second-order valence-corrected chi connectivity index (χ2v) is 6.81. The van der Waals surface area contributed by atoms with E-state index in [-0.39, 0.29) is 12.7 Å². The Morgan fingerprint density at radius 2 is 1.89 bits per heavy atom. The molecule has 0 aromatic heterocycles. The molecule has 0 fully saturated rings. The molecule has 0 saturated heterocycles.